The Labute approximate surface area is 235 Å². The Balaban J connectivity index is 1.39. The van der Waals surface area contributed by atoms with Gasteiger partial charge in [0.05, 0.1) is 16.5 Å². The van der Waals surface area contributed by atoms with Crippen LogP contribution in [-0.2, 0) is 25.5 Å². The molecular formula is C29H26ClN3O5S. The molecular weight excluding hydrogens is 538 g/mol. The number of benzene rings is 3. The molecule has 3 aromatic rings. The zero-order valence-corrected chi connectivity index (χ0v) is 22.6. The van der Waals surface area contributed by atoms with Crippen molar-refractivity contribution < 1.29 is 19.1 Å². The Bertz CT molecular complexity index is 1320. The number of ether oxygens (including phenoxy) is 1. The van der Waals surface area contributed by atoms with Gasteiger partial charge in [-0.05, 0) is 23.6 Å². The average Bonchev–Trinajstić information content (AvgIpc) is 3.25. The molecule has 0 aliphatic carbocycles. The van der Waals surface area contributed by atoms with Crippen LogP contribution in [0.15, 0.2) is 96.3 Å². The molecule has 2 aliphatic heterocycles. The second-order valence-electron chi connectivity index (χ2n) is 9.67. The summed E-state index contributed by atoms with van der Waals surface area (Å²) in [4.78, 5) is 53.3. The molecule has 2 saturated heterocycles. The van der Waals surface area contributed by atoms with E-state index in [2.05, 4.69) is 5.29 Å². The summed E-state index contributed by atoms with van der Waals surface area (Å²) in [5.74, 6) is -1.71. The lowest BCUT2D eigenvalue weighted by molar-refractivity contribution is -0.172. The second-order valence-corrected chi connectivity index (χ2v) is 11.6. The number of hydrogen-bond acceptors (Lipinski definition) is 7. The van der Waals surface area contributed by atoms with Crippen LogP contribution >= 0.6 is 23.4 Å². The summed E-state index contributed by atoms with van der Waals surface area (Å²) in [7, 11) is 0. The van der Waals surface area contributed by atoms with Crippen LogP contribution in [0.4, 0.5) is 0 Å². The van der Waals surface area contributed by atoms with Crippen LogP contribution < -0.4 is 0 Å². The number of rotatable bonds is 9. The van der Waals surface area contributed by atoms with Gasteiger partial charge in [0.25, 0.3) is 11.8 Å². The van der Waals surface area contributed by atoms with Gasteiger partial charge < -0.3 is 9.64 Å². The molecule has 5 rings (SSSR count). The Kier molecular flexibility index (Phi) is 7.72. The minimum absolute atomic E-state index is 0.0399. The van der Waals surface area contributed by atoms with E-state index in [0.717, 1.165) is 11.1 Å². The van der Waals surface area contributed by atoms with Crippen molar-refractivity contribution in [3.8, 4) is 0 Å². The van der Waals surface area contributed by atoms with Crippen LogP contribution in [0.25, 0.3) is 0 Å². The number of amides is 2. The molecule has 10 heteroatoms. The standard InChI is InChI=1S/C29H26ClN3O5S/c1-29(18-30)25(28(36)38-24(20-13-7-3-8-14-20)21-15-9-4-10-16-21)32-26(35)23(27(32)39-29)33(31-37)22(34)17-19-11-5-2-6-12-19/h2-16,23-25,27H,17-18H2,1H3/t23?,25-,27+,29-/m0/s1. The van der Waals surface area contributed by atoms with Crippen LogP contribution in [0.2, 0.25) is 0 Å². The van der Waals surface area contributed by atoms with Crippen molar-refractivity contribution in [3.05, 3.63) is 113 Å². The Morgan fingerprint density at radius 2 is 1.54 bits per heavy atom. The summed E-state index contributed by atoms with van der Waals surface area (Å²) in [5, 5.41) is 2.95. The van der Waals surface area contributed by atoms with Crippen LogP contribution in [0.5, 0.6) is 0 Å². The van der Waals surface area contributed by atoms with Crippen LogP contribution in [-0.4, -0.2) is 55.8 Å². The molecule has 1 unspecified atom stereocenters. The number of hydrogen-bond donors (Lipinski definition) is 0. The zero-order chi connectivity index (χ0) is 27.6. The minimum Gasteiger partial charge on any atom is -0.451 e. The van der Waals surface area contributed by atoms with Gasteiger partial charge in [-0.3, -0.25) is 9.59 Å². The third-order valence-corrected chi connectivity index (χ3v) is 9.38. The van der Waals surface area contributed by atoms with Gasteiger partial charge >= 0.3 is 5.97 Å². The number of nitrogens with zero attached hydrogens (tertiary/aromatic N) is 3. The van der Waals surface area contributed by atoms with Gasteiger partial charge in [-0.25, -0.2) is 4.79 Å². The summed E-state index contributed by atoms with van der Waals surface area (Å²) in [6.07, 6.45) is -0.779. The van der Waals surface area contributed by atoms with E-state index in [9.17, 15) is 19.3 Å². The van der Waals surface area contributed by atoms with Crippen molar-refractivity contribution in [2.75, 3.05) is 5.88 Å². The van der Waals surface area contributed by atoms with Crippen LogP contribution in [0.1, 0.15) is 29.7 Å². The number of carbonyl (C=O) groups is 3. The third-order valence-electron chi connectivity index (χ3n) is 7.03. The first-order valence-electron chi connectivity index (χ1n) is 12.4. The first-order chi connectivity index (χ1) is 18.9. The van der Waals surface area contributed by atoms with Crippen molar-refractivity contribution in [1.29, 1.82) is 0 Å². The monoisotopic (exact) mass is 563 g/mol. The largest absolute Gasteiger partial charge is 0.451 e. The van der Waals surface area contributed by atoms with E-state index in [1.54, 1.807) is 31.2 Å². The van der Waals surface area contributed by atoms with Gasteiger partial charge in [-0.2, -0.15) is 5.01 Å². The molecule has 2 fully saturated rings. The Morgan fingerprint density at radius 3 is 2.05 bits per heavy atom. The summed E-state index contributed by atoms with van der Waals surface area (Å²) in [6, 6.07) is 25.4. The highest BCUT2D eigenvalue weighted by molar-refractivity contribution is 8.01. The summed E-state index contributed by atoms with van der Waals surface area (Å²) in [6.45, 7) is 1.78. The summed E-state index contributed by atoms with van der Waals surface area (Å²) in [5.41, 5.74) is 2.25. The highest BCUT2D eigenvalue weighted by Gasteiger charge is 2.68. The fourth-order valence-electron chi connectivity index (χ4n) is 5.06. The van der Waals surface area contributed by atoms with Gasteiger partial charge in [0.1, 0.15) is 11.4 Å². The van der Waals surface area contributed by atoms with Gasteiger partial charge in [0.15, 0.2) is 12.1 Å². The van der Waals surface area contributed by atoms with E-state index in [1.165, 1.54) is 16.7 Å². The lowest BCUT2D eigenvalue weighted by Crippen LogP contribution is -2.70. The van der Waals surface area contributed by atoms with E-state index < -0.39 is 46.1 Å². The van der Waals surface area contributed by atoms with Gasteiger partial charge in [0.2, 0.25) is 0 Å². The number of β-lactam (4-membered cyclic amide) rings is 1. The van der Waals surface area contributed by atoms with E-state index in [0.29, 0.717) is 10.6 Å². The number of thioether (sulfide) groups is 1. The van der Waals surface area contributed by atoms with Gasteiger partial charge in [0, 0.05) is 5.88 Å². The molecule has 0 aromatic heterocycles. The molecule has 0 bridgehead atoms. The average molecular weight is 564 g/mol. The van der Waals surface area contributed by atoms with Crippen molar-refractivity contribution in [3.63, 3.8) is 0 Å². The maximum Gasteiger partial charge on any atom is 0.331 e. The van der Waals surface area contributed by atoms with Gasteiger partial charge in [-0.1, -0.05) is 91.0 Å². The molecule has 0 N–H and O–H groups in total. The first kappa shape index (κ1) is 26.9. The smallest absolute Gasteiger partial charge is 0.331 e. The molecule has 4 atom stereocenters. The molecule has 2 heterocycles. The van der Waals surface area contributed by atoms with Crippen molar-refractivity contribution >= 4 is 41.1 Å². The van der Waals surface area contributed by atoms with Crippen molar-refractivity contribution in [1.82, 2.24) is 9.91 Å². The van der Waals surface area contributed by atoms with Crippen molar-refractivity contribution in [2.24, 2.45) is 5.29 Å². The number of carbonyl (C=O) groups excluding carboxylic acids is 3. The van der Waals surface area contributed by atoms with Crippen LogP contribution in [0, 0.1) is 4.91 Å². The molecule has 200 valence electrons. The molecule has 0 radical (unpaired) electrons. The molecule has 8 nitrogen and oxygen atoms in total. The first-order valence-corrected chi connectivity index (χ1v) is 13.8. The number of halogens is 1. The number of alkyl halides is 1. The second kappa shape index (κ2) is 11.2. The number of fused-ring (bicyclic) bond motifs is 1. The zero-order valence-electron chi connectivity index (χ0n) is 21.1. The number of esters is 1. The maximum absolute atomic E-state index is 13.8. The summed E-state index contributed by atoms with van der Waals surface area (Å²) < 4.78 is 5.17. The predicted molar refractivity (Wildman–Crippen MR) is 149 cm³/mol. The molecule has 0 spiro atoms. The molecule has 3 aromatic carbocycles. The quantitative estimate of drug-likeness (QED) is 0.123. The van der Waals surface area contributed by atoms with E-state index in [4.69, 9.17) is 16.3 Å². The Morgan fingerprint density at radius 1 is 1.00 bits per heavy atom. The van der Waals surface area contributed by atoms with Crippen LogP contribution in [0.3, 0.4) is 0 Å². The predicted octanol–water partition coefficient (Wildman–Crippen LogP) is 4.72. The Hall–Kier alpha value is -3.69. The lowest BCUT2D eigenvalue weighted by Gasteiger charge is -2.45. The summed E-state index contributed by atoms with van der Waals surface area (Å²) >= 11 is 7.64. The normalized spacial score (nSPS) is 23.6. The highest BCUT2D eigenvalue weighted by Crippen LogP contribution is 2.53. The lowest BCUT2D eigenvalue weighted by atomic mass is 9.94. The van der Waals surface area contributed by atoms with Crippen molar-refractivity contribution in [2.45, 2.75) is 41.7 Å². The van der Waals surface area contributed by atoms with E-state index >= 15 is 0 Å². The van der Waals surface area contributed by atoms with E-state index in [-0.39, 0.29) is 12.3 Å². The minimum atomic E-state index is -1.12. The highest BCUT2D eigenvalue weighted by atomic mass is 35.5. The molecule has 0 saturated carbocycles. The SMILES string of the molecule is C[C@@]1(CCl)S[C@@H]2C(N(N=O)C(=O)Cc3ccccc3)C(=O)N2[C@H]1C(=O)OC(c1ccccc1)c1ccccc1. The molecule has 2 amide bonds. The van der Waals surface area contributed by atoms with E-state index in [1.807, 2.05) is 66.7 Å². The molecule has 39 heavy (non-hydrogen) atoms. The fourth-order valence-corrected chi connectivity index (χ4v) is 7.05. The maximum atomic E-state index is 13.8. The number of nitroso groups, excluding NO2 is 1. The fraction of sp³-hybridized carbons (Fsp3) is 0.276. The molecule has 2 aliphatic rings. The third kappa shape index (κ3) is 5.04. The van der Waals surface area contributed by atoms with Gasteiger partial charge in [-0.15, -0.1) is 28.3 Å². The topological polar surface area (TPSA) is 96.4 Å².